The number of aromatic hydroxyl groups is 1. The molecule has 0 fully saturated rings. The fraction of sp³-hybridized carbons (Fsp3) is 0.471. The number of aliphatic carboxylic acids is 1. The van der Waals surface area contributed by atoms with Crippen molar-refractivity contribution in [1.82, 2.24) is 10.6 Å². The summed E-state index contributed by atoms with van der Waals surface area (Å²) in [5, 5.41) is 22.9. The first-order chi connectivity index (χ1) is 11.7. The number of hydrogen-bond donors (Lipinski definition) is 5. The second-order valence-electron chi connectivity index (χ2n) is 5.95. The van der Waals surface area contributed by atoms with Crippen LogP contribution in [0.1, 0.15) is 25.8 Å². The van der Waals surface area contributed by atoms with Crippen molar-refractivity contribution >= 4 is 17.8 Å². The third-order valence-corrected chi connectivity index (χ3v) is 3.98. The number of phenolic OH excluding ortho intramolecular Hbond substituents is 1. The Bertz CT molecular complexity index is 603. The van der Waals surface area contributed by atoms with E-state index >= 15 is 0 Å². The molecule has 3 unspecified atom stereocenters. The van der Waals surface area contributed by atoms with Crippen molar-refractivity contribution in [1.29, 1.82) is 0 Å². The van der Waals surface area contributed by atoms with E-state index in [0.29, 0.717) is 12.0 Å². The van der Waals surface area contributed by atoms with Crippen LogP contribution in [0.25, 0.3) is 0 Å². The highest BCUT2D eigenvalue weighted by atomic mass is 16.4. The molecule has 6 N–H and O–H groups in total. The van der Waals surface area contributed by atoms with Crippen LogP contribution in [0.3, 0.4) is 0 Å². The molecule has 0 saturated heterocycles. The monoisotopic (exact) mass is 351 g/mol. The summed E-state index contributed by atoms with van der Waals surface area (Å²) in [7, 11) is 0. The highest BCUT2D eigenvalue weighted by Crippen LogP contribution is 2.12. The molecule has 0 heterocycles. The van der Waals surface area contributed by atoms with E-state index in [2.05, 4.69) is 10.6 Å². The van der Waals surface area contributed by atoms with E-state index < -0.39 is 36.4 Å². The fourth-order valence-corrected chi connectivity index (χ4v) is 2.14. The maximum Gasteiger partial charge on any atom is 0.322 e. The van der Waals surface area contributed by atoms with E-state index in [1.54, 1.807) is 12.1 Å². The SMILES string of the molecule is CCC(C)C(N)C(=O)NC(Cc1ccc(O)cc1)C(=O)NCC(=O)O. The Morgan fingerprint density at radius 2 is 1.76 bits per heavy atom. The number of nitrogens with two attached hydrogens (primary N) is 1. The lowest BCUT2D eigenvalue weighted by molar-refractivity contribution is -0.138. The molecule has 3 atom stereocenters. The Balaban J connectivity index is 2.86. The number of rotatable bonds is 9. The second kappa shape index (κ2) is 9.63. The summed E-state index contributed by atoms with van der Waals surface area (Å²) in [6.07, 6.45) is 0.854. The molecule has 1 aromatic carbocycles. The summed E-state index contributed by atoms with van der Waals surface area (Å²) in [6, 6.07) is 4.44. The van der Waals surface area contributed by atoms with Crippen molar-refractivity contribution in [2.45, 2.75) is 38.8 Å². The lowest BCUT2D eigenvalue weighted by Gasteiger charge is -2.23. The number of carboxylic acids is 1. The number of carbonyl (C=O) groups is 3. The van der Waals surface area contributed by atoms with Gasteiger partial charge in [-0.3, -0.25) is 14.4 Å². The van der Waals surface area contributed by atoms with Gasteiger partial charge in [-0.15, -0.1) is 0 Å². The Hall–Kier alpha value is -2.61. The van der Waals surface area contributed by atoms with Crippen molar-refractivity contribution in [3.63, 3.8) is 0 Å². The number of carboxylic acid groups (broad SMARTS) is 1. The van der Waals surface area contributed by atoms with Crippen molar-refractivity contribution in [3.8, 4) is 5.75 Å². The number of hydrogen-bond acceptors (Lipinski definition) is 5. The lowest BCUT2D eigenvalue weighted by Crippen LogP contribution is -2.54. The van der Waals surface area contributed by atoms with Crippen LogP contribution in [0.5, 0.6) is 5.75 Å². The van der Waals surface area contributed by atoms with Crippen molar-refractivity contribution in [3.05, 3.63) is 29.8 Å². The largest absolute Gasteiger partial charge is 0.508 e. The van der Waals surface area contributed by atoms with Gasteiger partial charge in [0.15, 0.2) is 0 Å². The van der Waals surface area contributed by atoms with E-state index in [0.717, 1.165) is 0 Å². The minimum Gasteiger partial charge on any atom is -0.508 e. The topological polar surface area (TPSA) is 142 Å². The molecule has 0 radical (unpaired) electrons. The van der Waals surface area contributed by atoms with Crippen molar-refractivity contribution in [2.24, 2.45) is 11.7 Å². The molecule has 0 bridgehead atoms. The van der Waals surface area contributed by atoms with Crippen LogP contribution in [0.4, 0.5) is 0 Å². The standard InChI is InChI=1S/C17H25N3O5/c1-3-10(2)15(18)17(25)20-13(16(24)19-9-14(22)23)8-11-4-6-12(21)7-5-11/h4-7,10,13,15,21H,3,8-9,18H2,1-2H3,(H,19,24)(H,20,25)(H,22,23). The smallest absolute Gasteiger partial charge is 0.322 e. The van der Waals surface area contributed by atoms with Crippen LogP contribution in [0.15, 0.2) is 24.3 Å². The molecule has 1 rings (SSSR count). The second-order valence-corrected chi connectivity index (χ2v) is 5.95. The summed E-state index contributed by atoms with van der Waals surface area (Å²) >= 11 is 0. The van der Waals surface area contributed by atoms with Crippen LogP contribution in [0.2, 0.25) is 0 Å². The molecular formula is C17H25N3O5. The van der Waals surface area contributed by atoms with E-state index in [-0.39, 0.29) is 18.1 Å². The molecule has 0 aliphatic heterocycles. The number of nitrogens with one attached hydrogen (secondary N) is 2. The quantitative estimate of drug-likeness (QED) is 0.424. The summed E-state index contributed by atoms with van der Waals surface area (Å²) in [5.41, 5.74) is 6.58. The average Bonchev–Trinajstić information content (AvgIpc) is 2.59. The highest BCUT2D eigenvalue weighted by molar-refractivity contribution is 5.91. The maximum absolute atomic E-state index is 12.3. The van der Waals surface area contributed by atoms with E-state index in [9.17, 15) is 19.5 Å². The van der Waals surface area contributed by atoms with Gasteiger partial charge in [-0.25, -0.2) is 0 Å². The zero-order chi connectivity index (χ0) is 19.0. The minimum atomic E-state index is -1.18. The van der Waals surface area contributed by atoms with Gasteiger partial charge in [0.05, 0.1) is 6.04 Å². The zero-order valence-corrected chi connectivity index (χ0v) is 14.4. The van der Waals surface area contributed by atoms with Gasteiger partial charge in [0.25, 0.3) is 0 Å². The van der Waals surface area contributed by atoms with Gasteiger partial charge in [-0.05, 0) is 23.6 Å². The van der Waals surface area contributed by atoms with Gasteiger partial charge < -0.3 is 26.6 Å². The predicted molar refractivity (Wildman–Crippen MR) is 91.8 cm³/mol. The third-order valence-electron chi connectivity index (χ3n) is 3.98. The zero-order valence-electron chi connectivity index (χ0n) is 14.4. The Kier molecular flexibility index (Phi) is 7.87. The predicted octanol–water partition coefficient (Wildman–Crippen LogP) is -0.00630. The molecule has 2 amide bonds. The average molecular weight is 351 g/mol. The molecule has 8 nitrogen and oxygen atoms in total. The van der Waals surface area contributed by atoms with Crippen molar-refractivity contribution in [2.75, 3.05) is 6.54 Å². The molecule has 0 saturated carbocycles. The van der Waals surface area contributed by atoms with Crippen LogP contribution in [0, 0.1) is 5.92 Å². The van der Waals surface area contributed by atoms with Gasteiger partial charge in [-0.1, -0.05) is 32.4 Å². The van der Waals surface area contributed by atoms with Crippen LogP contribution in [-0.2, 0) is 20.8 Å². The molecule has 0 aromatic heterocycles. The number of phenols is 1. The minimum absolute atomic E-state index is 0.0589. The summed E-state index contributed by atoms with van der Waals surface area (Å²) in [5.74, 6) is -2.24. The fourth-order valence-electron chi connectivity index (χ4n) is 2.14. The molecule has 138 valence electrons. The Morgan fingerprint density at radius 3 is 2.28 bits per heavy atom. The molecule has 0 aliphatic rings. The summed E-state index contributed by atoms with van der Waals surface area (Å²) in [6.45, 7) is 3.20. The number of amides is 2. The van der Waals surface area contributed by atoms with Gasteiger partial charge in [0, 0.05) is 6.42 Å². The molecule has 25 heavy (non-hydrogen) atoms. The van der Waals surface area contributed by atoms with Gasteiger partial charge in [0.1, 0.15) is 18.3 Å². The van der Waals surface area contributed by atoms with Gasteiger partial charge in [-0.2, -0.15) is 0 Å². The third kappa shape index (κ3) is 6.80. The first-order valence-electron chi connectivity index (χ1n) is 8.08. The molecule has 1 aromatic rings. The number of carbonyl (C=O) groups excluding carboxylic acids is 2. The highest BCUT2D eigenvalue weighted by Gasteiger charge is 2.26. The van der Waals surface area contributed by atoms with Crippen LogP contribution < -0.4 is 16.4 Å². The van der Waals surface area contributed by atoms with E-state index in [1.165, 1.54) is 12.1 Å². The van der Waals surface area contributed by atoms with Gasteiger partial charge in [0.2, 0.25) is 11.8 Å². The molecule has 0 aliphatic carbocycles. The molecule has 0 spiro atoms. The molecular weight excluding hydrogens is 326 g/mol. The Labute approximate surface area is 146 Å². The van der Waals surface area contributed by atoms with E-state index in [1.807, 2.05) is 13.8 Å². The first kappa shape index (κ1) is 20.4. The van der Waals surface area contributed by atoms with Gasteiger partial charge >= 0.3 is 5.97 Å². The maximum atomic E-state index is 12.3. The Morgan fingerprint density at radius 1 is 1.16 bits per heavy atom. The normalized spacial score (nSPS) is 14.2. The number of benzene rings is 1. The van der Waals surface area contributed by atoms with E-state index in [4.69, 9.17) is 10.8 Å². The van der Waals surface area contributed by atoms with Crippen LogP contribution in [-0.4, -0.2) is 46.6 Å². The van der Waals surface area contributed by atoms with Crippen LogP contribution >= 0.6 is 0 Å². The summed E-state index contributed by atoms with van der Waals surface area (Å²) < 4.78 is 0. The first-order valence-corrected chi connectivity index (χ1v) is 8.08. The van der Waals surface area contributed by atoms with Crippen molar-refractivity contribution < 1.29 is 24.6 Å². The summed E-state index contributed by atoms with van der Waals surface area (Å²) in [4.78, 5) is 35.1. The lowest BCUT2D eigenvalue weighted by atomic mass is 9.98. The molecule has 8 heteroatoms.